The molecule has 0 aromatic rings. The van der Waals surface area contributed by atoms with Crippen molar-refractivity contribution in [2.45, 2.75) is 45.7 Å². The number of hydrogen-bond acceptors (Lipinski definition) is 3. The van der Waals surface area contributed by atoms with Crippen LogP contribution in [-0.2, 0) is 9.59 Å². The third-order valence-electron chi connectivity index (χ3n) is 2.01. The first kappa shape index (κ1) is 13.9. The lowest BCUT2D eigenvalue weighted by Crippen LogP contribution is -2.40. The lowest BCUT2D eigenvalue weighted by atomic mass is 10.2. The Balaban J connectivity index is 4.25. The molecule has 0 aliphatic heterocycles. The van der Waals surface area contributed by atoms with E-state index >= 15 is 0 Å². The van der Waals surface area contributed by atoms with Gasteiger partial charge < -0.3 is 15.7 Å². The molecule has 0 bridgehead atoms. The Labute approximate surface area is 90.2 Å². The molecule has 3 N–H and O–H groups in total. The zero-order valence-electron chi connectivity index (χ0n) is 9.56. The first-order valence-electron chi connectivity index (χ1n) is 5.11. The molecule has 5 heteroatoms. The molecule has 0 heterocycles. The Kier molecular flexibility index (Phi) is 5.93. The normalized spacial score (nSPS) is 12.6. The predicted molar refractivity (Wildman–Crippen MR) is 57.4 cm³/mol. The van der Waals surface area contributed by atoms with Crippen LogP contribution in [0.1, 0.15) is 33.6 Å². The molecule has 0 aliphatic rings. The number of nitrogens with two attached hydrogens (primary N) is 1. The Bertz CT molecular complexity index is 227. The van der Waals surface area contributed by atoms with Crippen LogP contribution in [0.5, 0.6) is 0 Å². The Morgan fingerprint density at radius 2 is 1.87 bits per heavy atom. The van der Waals surface area contributed by atoms with E-state index < -0.39 is 5.97 Å². The molecule has 88 valence electrons. The molecule has 0 rings (SSSR count). The van der Waals surface area contributed by atoms with Crippen molar-refractivity contribution in [3.63, 3.8) is 0 Å². The average molecular weight is 216 g/mol. The van der Waals surface area contributed by atoms with Gasteiger partial charge >= 0.3 is 5.97 Å². The van der Waals surface area contributed by atoms with E-state index in [1.807, 2.05) is 13.8 Å². The lowest BCUT2D eigenvalue weighted by molar-refractivity contribution is -0.139. The first-order chi connectivity index (χ1) is 6.84. The van der Waals surface area contributed by atoms with Gasteiger partial charge in [0.1, 0.15) is 0 Å². The SMILES string of the molecule is CC(N)CC(=O)N(CCC(=O)O)C(C)C. The summed E-state index contributed by atoms with van der Waals surface area (Å²) < 4.78 is 0. The molecule has 15 heavy (non-hydrogen) atoms. The summed E-state index contributed by atoms with van der Waals surface area (Å²) >= 11 is 0. The maximum Gasteiger partial charge on any atom is 0.305 e. The third kappa shape index (κ3) is 6.06. The Morgan fingerprint density at radius 3 is 2.20 bits per heavy atom. The number of aliphatic carboxylic acids is 1. The van der Waals surface area contributed by atoms with Crippen LogP contribution in [0.15, 0.2) is 0 Å². The topological polar surface area (TPSA) is 83.6 Å². The molecule has 1 atom stereocenters. The van der Waals surface area contributed by atoms with E-state index in [0.717, 1.165) is 0 Å². The number of carbonyl (C=O) groups is 2. The maximum absolute atomic E-state index is 11.7. The van der Waals surface area contributed by atoms with Crippen molar-refractivity contribution in [3.05, 3.63) is 0 Å². The highest BCUT2D eigenvalue weighted by atomic mass is 16.4. The number of carboxylic acid groups (broad SMARTS) is 1. The van der Waals surface area contributed by atoms with Crippen LogP contribution in [-0.4, -0.2) is 40.5 Å². The molecule has 5 nitrogen and oxygen atoms in total. The van der Waals surface area contributed by atoms with Crippen LogP contribution >= 0.6 is 0 Å². The number of amides is 1. The molecule has 0 fully saturated rings. The molecule has 0 spiro atoms. The van der Waals surface area contributed by atoms with Crippen molar-refractivity contribution in [3.8, 4) is 0 Å². The van der Waals surface area contributed by atoms with Gasteiger partial charge in [-0.25, -0.2) is 0 Å². The zero-order valence-corrected chi connectivity index (χ0v) is 9.56. The summed E-state index contributed by atoms with van der Waals surface area (Å²) in [5, 5.41) is 8.55. The maximum atomic E-state index is 11.7. The summed E-state index contributed by atoms with van der Waals surface area (Å²) in [7, 11) is 0. The van der Waals surface area contributed by atoms with E-state index in [1.165, 1.54) is 0 Å². The van der Waals surface area contributed by atoms with Gasteiger partial charge in [-0.3, -0.25) is 9.59 Å². The molecule has 0 saturated heterocycles. The highest BCUT2D eigenvalue weighted by molar-refractivity contribution is 5.77. The molecule has 0 aromatic heterocycles. The molecular weight excluding hydrogens is 196 g/mol. The van der Waals surface area contributed by atoms with Gasteiger partial charge in [0.15, 0.2) is 0 Å². The van der Waals surface area contributed by atoms with Gasteiger partial charge in [0, 0.05) is 25.0 Å². The smallest absolute Gasteiger partial charge is 0.305 e. The minimum absolute atomic E-state index is 0.00981. The van der Waals surface area contributed by atoms with Crippen LogP contribution in [0.2, 0.25) is 0 Å². The van der Waals surface area contributed by atoms with E-state index in [9.17, 15) is 9.59 Å². The first-order valence-corrected chi connectivity index (χ1v) is 5.11. The lowest BCUT2D eigenvalue weighted by Gasteiger charge is -2.26. The fourth-order valence-corrected chi connectivity index (χ4v) is 1.28. The predicted octanol–water partition coefficient (Wildman–Crippen LogP) is 0.435. The monoisotopic (exact) mass is 216 g/mol. The summed E-state index contributed by atoms with van der Waals surface area (Å²) in [5.74, 6) is -0.976. The largest absolute Gasteiger partial charge is 0.481 e. The van der Waals surface area contributed by atoms with Gasteiger partial charge in [-0.05, 0) is 20.8 Å². The van der Waals surface area contributed by atoms with Gasteiger partial charge in [0.25, 0.3) is 0 Å². The summed E-state index contributed by atoms with van der Waals surface area (Å²) in [5.41, 5.74) is 5.52. The van der Waals surface area contributed by atoms with Gasteiger partial charge in [0.05, 0.1) is 6.42 Å². The van der Waals surface area contributed by atoms with Crippen molar-refractivity contribution in [1.82, 2.24) is 4.90 Å². The molecule has 1 unspecified atom stereocenters. The molecule has 1 amide bonds. The summed E-state index contributed by atoms with van der Waals surface area (Å²) in [6.07, 6.45) is 0.237. The van der Waals surface area contributed by atoms with E-state index in [1.54, 1.807) is 11.8 Å². The number of rotatable bonds is 6. The van der Waals surface area contributed by atoms with E-state index in [-0.39, 0.29) is 37.4 Å². The van der Waals surface area contributed by atoms with Gasteiger partial charge in [-0.2, -0.15) is 0 Å². The second-order valence-electron chi connectivity index (χ2n) is 4.01. The fourth-order valence-electron chi connectivity index (χ4n) is 1.28. The standard InChI is InChI=1S/C10H20N2O3/c1-7(2)12(5-4-10(14)15)9(13)6-8(3)11/h7-8H,4-6,11H2,1-3H3,(H,14,15). The van der Waals surface area contributed by atoms with Crippen LogP contribution in [0.25, 0.3) is 0 Å². The molecular formula is C10H20N2O3. The number of carbonyl (C=O) groups excluding carboxylic acids is 1. The minimum Gasteiger partial charge on any atom is -0.481 e. The van der Waals surface area contributed by atoms with E-state index in [2.05, 4.69) is 0 Å². The third-order valence-corrected chi connectivity index (χ3v) is 2.01. The van der Waals surface area contributed by atoms with Gasteiger partial charge in [-0.1, -0.05) is 0 Å². The van der Waals surface area contributed by atoms with Crippen molar-refractivity contribution in [1.29, 1.82) is 0 Å². The number of nitrogens with zero attached hydrogens (tertiary/aromatic N) is 1. The van der Waals surface area contributed by atoms with E-state index in [0.29, 0.717) is 0 Å². The minimum atomic E-state index is -0.894. The Morgan fingerprint density at radius 1 is 1.33 bits per heavy atom. The summed E-state index contributed by atoms with van der Waals surface area (Å²) in [6.45, 7) is 5.73. The quantitative estimate of drug-likeness (QED) is 0.674. The highest BCUT2D eigenvalue weighted by Crippen LogP contribution is 2.04. The molecule has 0 aromatic carbocycles. The van der Waals surface area contributed by atoms with Crippen LogP contribution in [0.4, 0.5) is 0 Å². The number of carboxylic acids is 1. The van der Waals surface area contributed by atoms with Crippen molar-refractivity contribution >= 4 is 11.9 Å². The zero-order chi connectivity index (χ0) is 12.0. The molecule has 0 saturated carbocycles. The second kappa shape index (κ2) is 6.40. The fraction of sp³-hybridized carbons (Fsp3) is 0.800. The molecule has 0 aliphatic carbocycles. The van der Waals surface area contributed by atoms with E-state index in [4.69, 9.17) is 10.8 Å². The molecule has 0 radical (unpaired) electrons. The summed E-state index contributed by atoms with van der Waals surface area (Å²) in [6, 6.07) is -0.181. The summed E-state index contributed by atoms with van der Waals surface area (Å²) in [4.78, 5) is 23.6. The van der Waals surface area contributed by atoms with Gasteiger partial charge in [0.2, 0.25) is 5.91 Å². The van der Waals surface area contributed by atoms with Crippen molar-refractivity contribution < 1.29 is 14.7 Å². The van der Waals surface area contributed by atoms with Crippen LogP contribution < -0.4 is 5.73 Å². The van der Waals surface area contributed by atoms with Gasteiger partial charge in [-0.15, -0.1) is 0 Å². The highest BCUT2D eigenvalue weighted by Gasteiger charge is 2.18. The number of hydrogen-bond donors (Lipinski definition) is 2. The Hall–Kier alpha value is -1.10. The van der Waals surface area contributed by atoms with Crippen molar-refractivity contribution in [2.24, 2.45) is 5.73 Å². The average Bonchev–Trinajstić information content (AvgIpc) is 2.01. The van der Waals surface area contributed by atoms with Crippen LogP contribution in [0, 0.1) is 0 Å². The van der Waals surface area contributed by atoms with Crippen molar-refractivity contribution in [2.75, 3.05) is 6.54 Å². The van der Waals surface area contributed by atoms with Crippen LogP contribution in [0.3, 0.4) is 0 Å². The second-order valence-corrected chi connectivity index (χ2v) is 4.01.